The zero-order valence-corrected chi connectivity index (χ0v) is 9.24. The minimum absolute atomic E-state index is 0.131. The molecule has 0 saturated carbocycles. The zero-order chi connectivity index (χ0) is 10.7. The van der Waals surface area contributed by atoms with Crippen molar-refractivity contribution in [2.24, 2.45) is 0 Å². The average molecular weight is 213 g/mol. The van der Waals surface area contributed by atoms with Crippen molar-refractivity contribution in [3.05, 3.63) is 0 Å². The van der Waals surface area contributed by atoms with Crippen LogP contribution in [0.15, 0.2) is 0 Å². The second kappa shape index (κ2) is 4.92. The van der Waals surface area contributed by atoms with Gasteiger partial charge in [-0.05, 0) is 0 Å². The Labute approximate surface area is 90.4 Å². The van der Waals surface area contributed by atoms with Gasteiger partial charge in [0.25, 0.3) is 0 Å². The van der Waals surface area contributed by atoms with Crippen molar-refractivity contribution < 1.29 is 9.53 Å². The number of hydrogen-bond acceptors (Lipinski definition) is 5. The monoisotopic (exact) mass is 213 g/mol. The lowest BCUT2D eigenvalue weighted by molar-refractivity contribution is -0.144. The topological polar surface area (TPSA) is 44.8 Å². The summed E-state index contributed by atoms with van der Waals surface area (Å²) in [5, 5.41) is 3.34. The van der Waals surface area contributed by atoms with E-state index in [1.165, 1.54) is 7.11 Å². The van der Waals surface area contributed by atoms with Crippen molar-refractivity contribution in [3.63, 3.8) is 0 Å². The third kappa shape index (κ3) is 2.68. The van der Waals surface area contributed by atoms with E-state index in [1.54, 1.807) is 0 Å². The molecule has 2 fully saturated rings. The van der Waals surface area contributed by atoms with Crippen LogP contribution in [-0.4, -0.2) is 74.7 Å². The van der Waals surface area contributed by atoms with Crippen LogP contribution in [0.4, 0.5) is 0 Å². The average Bonchev–Trinajstić information content (AvgIpc) is 2.23. The standard InChI is InChI=1S/C10H19N3O2/c1-15-10(14)8-12-6-9(7-12)13-4-2-11-3-5-13/h9,11H,2-8H2,1H3. The smallest absolute Gasteiger partial charge is 0.319 e. The maximum atomic E-state index is 11.0. The largest absolute Gasteiger partial charge is 0.468 e. The van der Waals surface area contributed by atoms with Crippen molar-refractivity contribution >= 4 is 5.97 Å². The number of hydrogen-bond donors (Lipinski definition) is 1. The molecule has 1 N–H and O–H groups in total. The molecule has 15 heavy (non-hydrogen) atoms. The van der Waals surface area contributed by atoms with Crippen LogP contribution in [0.3, 0.4) is 0 Å². The normalized spacial score (nSPS) is 24.9. The molecule has 2 heterocycles. The summed E-state index contributed by atoms with van der Waals surface area (Å²) in [6.45, 7) is 6.91. The number of nitrogens with zero attached hydrogens (tertiary/aromatic N) is 2. The predicted molar refractivity (Wildman–Crippen MR) is 56.7 cm³/mol. The Morgan fingerprint density at radius 1 is 1.40 bits per heavy atom. The number of carbonyl (C=O) groups excluding carboxylic acids is 1. The van der Waals surface area contributed by atoms with E-state index in [0.29, 0.717) is 12.6 Å². The molecule has 86 valence electrons. The van der Waals surface area contributed by atoms with Gasteiger partial charge in [-0.15, -0.1) is 0 Å². The second-order valence-electron chi connectivity index (χ2n) is 4.21. The Morgan fingerprint density at radius 3 is 2.67 bits per heavy atom. The van der Waals surface area contributed by atoms with Crippen LogP contribution < -0.4 is 5.32 Å². The summed E-state index contributed by atoms with van der Waals surface area (Å²) in [4.78, 5) is 15.7. The maximum Gasteiger partial charge on any atom is 0.319 e. The van der Waals surface area contributed by atoms with Gasteiger partial charge in [0.05, 0.1) is 13.7 Å². The fraction of sp³-hybridized carbons (Fsp3) is 0.900. The van der Waals surface area contributed by atoms with Crippen molar-refractivity contribution in [2.45, 2.75) is 6.04 Å². The molecule has 0 atom stereocenters. The molecule has 5 heteroatoms. The first kappa shape index (κ1) is 10.9. The van der Waals surface area contributed by atoms with E-state index in [1.807, 2.05) is 0 Å². The van der Waals surface area contributed by atoms with Crippen molar-refractivity contribution in [1.29, 1.82) is 0 Å². The quantitative estimate of drug-likeness (QED) is 0.593. The van der Waals surface area contributed by atoms with E-state index < -0.39 is 0 Å². The number of carbonyl (C=O) groups is 1. The summed E-state index contributed by atoms with van der Waals surface area (Å²) in [7, 11) is 1.44. The molecule has 0 aromatic carbocycles. The Bertz CT molecular complexity index is 223. The first-order chi connectivity index (χ1) is 7.29. The van der Waals surface area contributed by atoms with E-state index in [9.17, 15) is 4.79 Å². The Balaban J connectivity index is 1.66. The third-order valence-corrected chi connectivity index (χ3v) is 3.19. The molecule has 2 aliphatic heterocycles. The van der Waals surface area contributed by atoms with Gasteiger partial charge in [0.1, 0.15) is 0 Å². The Morgan fingerprint density at radius 2 is 2.07 bits per heavy atom. The third-order valence-electron chi connectivity index (χ3n) is 3.19. The molecule has 2 rings (SSSR count). The lowest BCUT2D eigenvalue weighted by Crippen LogP contribution is -2.63. The highest BCUT2D eigenvalue weighted by Gasteiger charge is 2.33. The van der Waals surface area contributed by atoms with Gasteiger partial charge in [0, 0.05) is 45.3 Å². The number of piperazine rings is 1. The number of esters is 1. The van der Waals surface area contributed by atoms with Gasteiger partial charge < -0.3 is 10.1 Å². The van der Waals surface area contributed by atoms with Crippen LogP contribution in [-0.2, 0) is 9.53 Å². The van der Waals surface area contributed by atoms with E-state index in [0.717, 1.165) is 39.3 Å². The van der Waals surface area contributed by atoms with Crippen LogP contribution in [0.25, 0.3) is 0 Å². The molecule has 0 radical (unpaired) electrons. The molecule has 0 bridgehead atoms. The number of methoxy groups -OCH3 is 1. The maximum absolute atomic E-state index is 11.0. The highest BCUT2D eigenvalue weighted by atomic mass is 16.5. The molecule has 0 aromatic heterocycles. The molecule has 0 spiro atoms. The number of ether oxygens (including phenoxy) is 1. The van der Waals surface area contributed by atoms with E-state index in [2.05, 4.69) is 19.9 Å². The molecule has 0 amide bonds. The fourth-order valence-corrected chi connectivity index (χ4v) is 2.20. The van der Waals surface area contributed by atoms with Crippen molar-refractivity contribution in [3.8, 4) is 0 Å². The molecule has 0 unspecified atom stereocenters. The number of rotatable bonds is 3. The molecule has 2 saturated heterocycles. The summed E-state index contributed by atoms with van der Waals surface area (Å²) in [6, 6.07) is 0.650. The van der Waals surface area contributed by atoms with Gasteiger partial charge in [0.15, 0.2) is 0 Å². The highest BCUT2D eigenvalue weighted by molar-refractivity contribution is 5.71. The number of likely N-dealkylation sites (tertiary alicyclic amines) is 1. The highest BCUT2D eigenvalue weighted by Crippen LogP contribution is 2.14. The zero-order valence-electron chi connectivity index (χ0n) is 9.24. The van der Waals surface area contributed by atoms with Gasteiger partial charge in [-0.3, -0.25) is 14.6 Å². The summed E-state index contributed by atoms with van der Waals surface area (Å²) in [5.41, 5.74) is 0. The Hall–Kier alpha value is -0.650. The number of nitrogens with one attached hydrogen (secondary N) is 1. The van der Waals surface area contributed by atoms with Crippen molar-refractivity contribution in [1.82, 2.24) is 15.1 Å². The van der Waals surface area contributed by atoms with Crippen LogP contribution in [0.2, 0.25) is 0 Å². The minimum atomic E-state index is -0.131. The summed E-state index contributed by atoms with van der Waals surface area (Å²) in [5.74, 6) is -0.131. The molecule has 0 aliphatic carbocycles. The second-order valence-corrected chi connectivity index (χ2v) is 4.21. The van der Waals surface area contributed by atoms with Crippen LogP contribution in [0.1, 0.15) is 0 Å². The molecular weight excluding hydrogens is 194 g/mol. The van der Waals surface area contributed by atoms with Crippen LogP contribution in [0.5, 0.6) is 0 Å². The van der Waals surface area contributed by atoms with Gasteiger partial charge in [-0.1, -0.05) is 0 Å². The first-order valence-electron chi connectivity index (χ1n) is 5.53. The van der Waals surface area contributed by atoms with Gasteiger partial charge in [0.2, 0.25) is 0 Å². The molecule has 5 nitrogen and oxygen atoms in total. The predicted octanol–water partition coefficient (Wildman–Crippen LogP) is -1.25. The van der Waals surface area contributed by atoms with Crippen LogP contribution >= 0.6 is 0 Å². The Kier molecular flexibility index (Phi) is 3.56. The molecule has 2 aliphatic rings. The van der Waals surface area contributed by atoms with Gasteiger partial charge in [-0.2, -0.15) is 0 Å². The first-order valence-corrected chi connectivity index (χ1v) is 5.53. The lowest BCUT2D eigenvalue weighted by Gasteiger charge is -2.46. The fourth-order valence-electron chi connectivity index (χ4n) is 2.20. The van der Waals surface area contributed by atoms with Gasteiger partial charge >= 0.3 is 5.97 Å². The summed E-state index contributed by atoms with van der Waals surface area (Å²) < 4.78 is 4.63. The molecule has 0 aromatic rings. The minimum Gasteiger partial charge on any atom is -0.468 e. The van der Waals surface area contributed by atoms with Crippen molar-refractivity contribution in [2.75, 3.05) is 52.9 Å². The van der Waals surface area contributed by atoms with E-state index >= 15 is 0 Å². The molecular formula is C10H19N3O2. The SMILES string of the molecule is COC(=O)CN1CC(N2CCNCC2)C1. The summed E-state index contributed by atoms with van der Waals surface area (Å²) in [6.07, 6.45) is 0. The van der Waals surface area contributed by atoms with E-state index in [4.69, 9.17) is 0 Å². The summed E-state index contributed by atoms with van der Waals surface area (Å²) >= 11 is 0. The van der Waals surface area contributed by atoms with Crippen LogP contribution in [0, 0.1) is 0 Å². The van der Waals surface area contributed by atoms with Gasteiger partial charge in [-0.25, -0.2) is 0 Å². The van der Waals surface area contributed by atoms with E-state index in [-0.39, 0.29) is 5.97 Å². The lowest BCUT2D eigenvalue weighted by atomic mass is 10.1.